The SMILES string of the molecule is C=CC(=C)CC(CC)C(O)CN(CC)C/C(C=NC(=C)C)=C/C. The number of rotatable bonds is 12. The van der Waals surface area contributed by atoms with Crippen LogP contribution in [0.4, 0.5) is 0 Å². The second-order valence-corrected chi connectivity index (χ2v) is 5.99. The van der Waals surface area contributed by atoms with Crippen molar-refractivity contribution in [1.29, 1.82) is 0 Å². The van der Waals surface area contributed by atoms with Gasteiger partial charge >= 0.3 is 0 Å². The third-order valence-corrected chi connectivity index (χ3v) is 4.00. The zero-order chi connectivity index (χ0) is 17.8. The van der Waals surface area contributed by atoms with Gasteiger partial charge in [0, 0.05) is 25.0 Å². The molecular weight excluding hydrogens is 284 g/mol. The average Bonchev–Trinajstić information content (AvgIpc) is 2.54. The number of hydrogen-bond acceptors (Lipinski definition) is 3. The first-order valence-corrected chi connectivity index (χ1v) is 8.43. The van der Waals surface area contributed by atoms with Crippen LogP contribution in [0.2, 0.25) is 0 Å². The topological polar surface area (TPSA) is 35.8 Å². The second kappa shape index (κ2) is 12.0. The van der Waals surface area contributed by atoms with Crippen LogP contribution in [0.5, 0.6) is 0 Å². The summed E-state index contributed by atoms with van der Waals surface area (Å²) in [5.74, 6) is 0.215. The second-order valence-electron chi connectivity index (χ2n) is 5.99. The summed E-state index contributed by atoms with van der Waals surface area (Å²) in [6.07, 6.45) is 7.05. The summed E-state index contributed by atoms with van der Waals surface area (Å²) >= 11 is 0. The predicted molar refractivity (Wildman–Crippen MR) is 103 cm³/mol. The summed E-state index contributed by atoms with van der Waals surface area (Å²) in [4.78, 5) is 6.50. The Morgan fingerprint density at radius 3 is 2.39 bits per heavy atom. The maximum absolute atomic E-state index is 10.6. The Kier molecular flexibility index (Phi) is 11.3. The van der Waals surface area contributed by atoms with Gasteiger partial charge < -0.3 is 5.11 Å². The van der Waals surface area contributed by atoms with Gasteiger partial charge in [-0.25, -0.2) is 0 Å². The fourth-order valence-corrected chi connectivity index (χ4v) is 2.35. The van der Waals surface area contributed by atoms with Gasteiger partial charge in [-0.3, -0.25) is 9.89 Å². The maximum atomic E-state index is 10.6. The van der Waals surface area contributed by atoms with E-state index in [9.17, 15) is 5.11 Å². The van der Waals surface area contributed by atoms with E-state index < -0.39 is 0 Å². The molecule has 0 aromatic heterocycles. The molecule has 0 aliphatic rings. The third kappa shape index (κ3) is 9.32. The smallest absolute Gasteiger partial charge is 0.0698 e. The zero-order valence-corrected chi connectivity index (χ0v) is 15.4. The highest BCUT2D eigenvalue weighted by molar-refractivity contribution is 5.79. The van der Waals surface area contributed by atoms with Crippen LogP contribution in [0, 0.1) is 5.92 Å². The average molecular weight is 319 g/mol. The van der Waals surface area contributed by atoms with E-state index in [0.717, 1.165) is 42.8 Å². The number of likely N-dealkylation sites (N-methyl/N-ethyl adjacent to an activating group) is 1. The number of aliphatic hydroxyl groups excluding tert-OH is 1. The minimum atomic E-state index is -0.368. The van der Waals surface area contributed by atoms with Crippen LogP contribution in [-0.2, 0) is 0 Å². The Morgan fingerprint density at radius 1 is 1.30 bits per heavy atom. The van der Waals surface area contributed by atoms with Crippen molar-refractivity contribution in [2.75, 3.05) is 19.6 Å². The molecule has 0 aromatic rings. The van der Waals surface area contributed by atoms with E-state index in [2.05, 4.69) is 49.6 Å². The molecular formula is C20H34N2O. The van der Waals surface area contributed by atoms with Crippen LogP contribution in [0.1, 0.15) is 40.5 Å². The highest BCUT2D eigenvalue weighted by Crippen LogP contribution is 2.20. The lowest BCUT2D eigenvalue weighted by Gasteiger charge is -2.28. The zero-order valence-electron chi connectivity index (χ0n) is 15.4. The Balaban J connectivity index is 4.75. The molecule has 0 aliphatic carbocycles. The molecule has 0 bridgehead atoms. The van der Waals surface area contributed by atoms with Crippen molar-refractivity contribution in [3.63, 3.8) is 0 Å². The van der Waals surface area contributed by atoms with Gasteiger partial charge in [-0.2, -0.15) is 0 Å². The Bertz CT molecular complexity index is 449. The minimum Gasteiger partial charge on any atom is -0.391 e. The summed E-state index contributed by atoms with van der Waals surface area (Å²) in [5.41, 5.74) is 2.91. The van der Waals surface area contributed by atoms with E-state index in [1.54, 1.807) is 6.08 Å². The van der Waals surface area contributed by atoms with Crippen LogP contribution < -0.4 is 0 Å². The first-order valence-electron chi connectivity index (χ1n) is 8.43. The van der Waals surface area contributed by atoms with Crippen molar-refractivity contribution in [3.8, 4) is 0 Å². The van der Waals surface area contributed by atoms with Crippen molar-refractivity contribution in [3.05, 3.63) is 48.7 Å². The van der Waals surface area contributed by atoms with Crippen molar-refractivity contribution < 1.29 is 5.11 Å². The third-order valence-electron chi connectivity index (χ3n) is 4.00. The number of hydrogen-bond donors (Lipinski definition) is 1. The number of nitrogens with zero attached hydrogens (tertiary/aromatic N) is 2. The summed E-state index contributed by atoms with van der Waals surface area (Å²) in [7, 11) is 0. The monoisotopic (exact) mass is 318 g/mol. The molecule has 1 N–H and O–H groups in total. The first-order chi connectivity index (χ1) is 10.9. The minimum absolute atomic E-state index is 0.215. The van der Waals surface area contributed by atoms with Gasteiger partial charge in [0.1, 0.15) is 0 Å². The van der Waals surface area contributed by atoms with Crippen LogP contribution >= 0.6 is 0 Å². The molecule has 23 heavy (non-hydrogen) atoms. The quantitative estimate of drug-likeness (QED) is 0.428. The Hall–Kier alpha value is -1.45. The van der Waals surface area contributed by atoms with Gasteiger partial charge in [0.15, 0.2) is 0 Å². The van der Waals surface area contributed by atoms with Crippen molar-refractivity contribution in [1.82, 2.24) is 4.90 Å². The van der Waals surface area contributed by atoms with E-state index in [-0.39, 0.29) is 12.0 Å². The normalized spacial score (nSPS) is 15.0. The van der Waals surface area contributed by atoms with Gasteiger partial charge in [0.25, 0.3) is 0 Å². The summed E-state index contributed by atoms with van der Waals surface area (Å²) in [6, 6.07) is 0. The number of aliphatic imine (C=N–C) groups is 1. The van der Waals surface area contributed by atoms with Gasteiger partial charge in [-0.05, 0) is 38.3 Å². The highest BCUT2D eigenvalue weighted by atomic mass is 16.3. The summed E-state index contributed by atoms with van der Waals surface area (Å²) in [5, 5.41) is 10.6. The van der Waals surface area contributed by atoms with Crippen molar-refractivity contribution >= 4 is 6.21 Å². The Morgan fingerprint density at radius 2 is 1.96 bits per heavy atom. The lowest BCUT2D eigenvalue weighted by Crippen LogP contribution is -2.37. The van der Waals surface area contributed by atoms with E-state index in [4.69, 9.17) is 0 Å². The molecule has 0 aliphatic heterocycles. The van der Waals surface area contributed by atoms with Crippen LogP contribution in [0.3, 0.4) is 0 Å². The van der Waals surface area contributed by atoms with E-state index in [1.807, 2.05) is 20.1 Å². The molecule has 0 aromatic carbocycles. The number of aliphatic hydroxyl groups is 1. The molecule has 2 atom stereocenters. The van der Waals surface area contributed by atoms with Crippen LogP contribution in [0.25, 0.3) is 0 Å². The molecule has 0 fully saturated rings. The van der Waals surface area contributed by atoms with Crippen LogP contribution in [0.15, 0.2) is 53.7 Å². The molecule has 130 valence electrons. The van der Waals surface area contributed by atoms with Crippen molar-refractivity contribution in [2.45, 2.75) is 46.6 Å². The fourth-order valence-electron chi connectivity index (χ4n) is 2.35. The molecule has 0 spiro atoms. The molecule has 0 rings (SSSR count). The largest absolute Gasteiger partial charge is 0.391 e. The summed E-state index contributed by atoms with van der Waals surface area (Å²) < 4.78 is 0. The van der Waals surface area contributed by atoms with E-state index >= 15 is 0 Å². The molecule has 0 saturated carbocycles. The van der Waals surface area contributed by atoms with Gasteiger partial charge in [0.2, 0.25) is 0 Å². The van der Waals surface area contributed by atoms with Gasteiger partial charge in [0.05, 0.1) is 6.10 Å². The lowest BCUT2D eigenvalue weighted by atomic mass is 9.91. The highest BCUT2D eigenvalue weighted by Gasteiger charge is 2.20. The number of allylic oxidation sites excluding steroid dienone is 4. The Labute approximate surface area is 142 Å². The molecule has 3 heteroatoms. The maximum Gasteiger partial charge on any atom is 0.0698 e. The van der Waals surface area contributed by atoms with Crippen molar-refractivity contribution in [2.24, 2.45) is 10.9 Å². The fraction of sp³-hybridized carbons (Fsp3) is 0.550. The van der Waals surface area contributed by atoms with Gasteiger partial charge in [-0.1, -0.05) is 57.7 Å². The van der Waals surface area contributed by atoms with Crippen LogP contribution in [-0.4, -0.2) is 42.0 Å². The molecule has 0 radical (unpaired) electrons. The van der Waals surface area contributed by atoms with Gasteiger partial charge in [-0.15, -0.1) is 0 Å². The molecule has 3 nitrogen and oxygen atoms in total. The standard InChI is InChI=1S/C20H34N2O/c1-8-17(7)12-19(10-3)20(23)15-22(11-4)14-18(9-2)13-21-16(5)6/h8-9,13,19-20,23H,1,5,7,10-12,14-15H2,2-4,6H3/b18-9+,21-13?. The lowest BCUT2D eigenvalue weighted by molar-refractivity contribution is 0.0671. The van der Waals surface area contributed by atoms with E-state index in [0.29, 0.717) is 6.54 Å². The molecule has 0 amide bonds. The summed E-state index contributed by atoms with van der Waals surface area (Å²) in [6.45, 7) is 21.9. The first kappa shape index (κ1) is 21.6. The molecule has 0 heterocycles. The molecule has 2 unspecified atom stereocenters. The predicted octanol–water partition coefficient (Wildman–Crippen LogP) is 4.38. The molecule has 0 saturated heterocycles. The van der Waals surface area contributed by atoms with E-state index in [1.165, 1.54) is 0 Å².